The lowest BCUT2D eigenvalue weighted by molar-refractivity contribution is -0.127. The van der Waals surface area contributed by atoms with Gasteiger partial charge in [0.25, 0.3) is 0 Å². The molecule has 0 aromatic heterocycles. The van der Waals surface area contributed by atoms with Gasteiger partial charge in [0.15, 0.2) is 0 Å². The molecule has 19 heavy (non-hydrogen) atoms. The predicted octanol–water partition coefficient (Wildman–Crippen LogP) is 2.85. The van der Waals surface area contributed by atoms with Crippen LogP contribution in [-0.2, 0) is 4.79 Å². The van der Waals surface area contributed by atoms with Gasteiger partial charge in [-0.1, -0.05) is 33.1 Å². The van der Waals surface area contributed by atoms with Crippen LogP contribution in [-0.4, -0.2) is 24.5 Å². The van der Waals surface area contributed by atoms with Gasteiger partial charge < -0.3 is 10.6 Å². The first-order chi connectivity index (χ1) is 9.20. The molecule has 110 valence electrons. The summed E-state index contributed by atoms with van der Waals surface area (Å²) in [7, 11) is 0. The van der Waals surface area contributed by atoms with E-state index in [2.05, 4.69) is 24.5 Å². The molecule has 1 amide bonds. The molecule has 3 heteroatoms. The Morgan fingerprint density at radius 3 is 2.42 bits per heavy atom. The van der Waals surface area contributed by atoms with Crippen LogP contribution in [0.5, 0.6) is 0 Å². The van der Waals surface area contributed by atoms with Crippen LogP contribution in [0.4, 0.5) is 0 Å². The summed E-state index contributed by atoms with van der Waals surface area (Å²) in [6.07, 6.45) is 9.66. The van der Waals surface area contributed by atoms with Crippen molar-refractivity contribution in [2.75, 3.05) is 13.1 Å². The van der Waals surface area contributed by atoms with Crippen molar-refractivity contribution in [2.24, 2.45) is 11.8 Å². The molecule has 1 unspecified atom stereocenters. The maximum absolute atomic E-state index is 12.4. The normalized spacial score (nSPS) is 35.3. The van der Waals surface area contributed by atoms with E-state index < -0.39 is 0 Å². The van der Waals surface area contributed by atoms with Crippen molar-refractivity contribution in [1.29, 1.82) is 0 Å². The number of hydrogen-bond acceptors (Lipinski definition) is 2. The van der Waals surface area contributed by atoms with Crippen LogP contribution in [0.3, 0.4) is 0 Å². The molecular formula is C16H30N2O. The SMILES string of the molecule is CCC1CCC(CNC(=O)C2(CC)CCCN2)CC1. The third kappa shape index (κ3) is 3.50. The highest BCUT2D eigenvalue weighted by Gasteiger charge is 2.39. The Hall–Kier alpha value is -0.570. The van der Waals surface area contributed by atoms with E-state index in [0.717, 1.165) is 38.3 Å². The molecule has 1 atom stereocenters. The molecule has 2 N–H and O–H groups in total. The average Bonchev–Trinajstić information content (AvgIpc) is 2.95. The zero-order chi connectivity index (χ0) is 13.7. The minimum Gasteiger partial charge on any atom is -0.354 e. The Balaban J connectivity index is 1.74. The van der Waals surface area contributed by atoms with E-state index in [1.165, 1.54) is 32.1 Å². The molecule has 2 aliphatic rings. The number of nitrogens with one attached hydrogen (secondary N) is 2. The summed E-state index contributed by atoms with van der Waals surface area (Å²) in [6.45, 7) is 6.29. The highest BCUT2D eigenvalue weighted by molar-refractivity contribution is 5.86. The minimum atomic E-state index is -0.263. The molecule has 1 saturated heterocycles. The van der Waals surface area contributed by atoms with Crippen LogP contribution in [0.15, 0.2) is 0 Å². The zero-order valence-corrected chi connectivity index (χ0v) is 12.6. The molecule has 1 heterocycles. The van der Waals surface area contributed by atoms with Crippen molar-refractivity contribution in [3.8, 4) is 0 Å². The van der Waals surface area contributed by atoms with Crippen LogP contribution in [0.1, 0.15) is 65.2 Å². The van der Waals surface area contributed by atoms with Gasteiger partial charge in [-0.3, -0.25) is 4.79 Å². The van der Waals surface area contributed by atoms with Gasteiger partial charge >= 0.3 is 0 Å². The fourth-order valence-corrected chi connectivity index (χ4v) is 3.71. The van der Waals surface area contributed by atoms with Crippen LogP contribution >= 0.6 is 0 Å². The van der Waals surface area contributed by atoms with E-state index in [1.54, 1.807) is 0 Å². The van der Waals surface area contributed by atoms with Gasteiger partial charge in [-0.15, -0.1) is 0 Å². The molecule has 0 radical (unpaired) electrons. The lowest BCUT2D eigenvalue weighted by Gasteiger charge is -2.31. The summed E-state index contributed by atoms with van der Waals surface area (Å²) in [5, 5.41) is 6.63. The largest absolute Gasteiger partial charge is 0.354 e. The van der Waals surface area contributed by atoms with E-state index in [0.29, 0.717) is 5.92 Å². The van der Waals surface area contributed by atoms with Crippen LogP contribution in [0.2, 0.25) is 0 Å². The lowest BCUT2D eigenvalue weighted by atomic mass is 9.81. The summed E-state index contributed by atoms with van der Waals surface area (Å²) in [4.78, 5) is 12.4. The molecule has 3 nitrogen and oxygen atoms in total. The highest BCUT2D eigenvalue weighted by Crippen LogP contribution is 2.30. The van der Waals surface area contributed by atoms with E-state index in [4.69, 9.17) is 0 Å². The number of amides is 1. The van der Waals surface area contributed by atoms with Crippen molar-refractivity contribution < 1.29 is 4.79 Å². The first-order valence-electron chi connectivity index (χ1n) is 8.23. The number of rotatable bonds is 5. The maximum Gasteiger partial charge on any atom is 0.240 e. The second-order valence-corrected chi connectivity index (χ2v) is 6.47. The molecule has 1 aliphatic heterocycles. The van der Waals surface area contributed by atoms with Gasteiger partial charge in [0.05, 0.1) is 5.54 Å². The Morgan fingerprint density at radius 1 is 1.21 bits per heavy atom. The molecule has 2 rings (SSSR count). The molecule has 0 aromatic rings. The van der Waals surface area contributed by atoms with Crippen LogP contribution < -0.4 is 10.6 Å². The summed E-state index contributed by atoms with van der Waals surface area (Å²) >= 11 is 0. The Kier molecular flexibility index (Phi) is 5.26. The number of carbonyl (C=O) groups is 1. The fourth-order valence-electron chi connectivity index (χ4n) is 3.71. The molecule has 2 fully saturated rings. The topological polar surface area (TPSA) is 41.1 Å². The van der Waals surface area contributed by atoms with Crippen LogP contribution in [0, 0.1) is 11.8 Å². The quantitative estimate of drug-likeness (QED) is 0.803. The van der Waals surface area contributed by atoms with E-state index >= 15 is 0 Å². The molecule has 0 bridgehead atoms. The number of hydrogen-bond donors (Lipinski definition) is 2. The summed E-state index contributed by atoms with van der Waals surface area (Å²) in [6, 6.07) is 0. The Labute approximate surface area is 117 Å². The van der Waals surface area contributed by atoms with Crippen molar-refractivity contribution >= 4 is 5.91 Å². The van der Waals surface area contributed by atoms with Crippen LogP contribution in [0.25, 0.3) is 0 Å². The summed E-state index contributed by atoms with van der Waals surface area (Å²) < 4.78 is 0. The summed E-state index contributed by atoms with van der Waals surface area (Å²) in [5.74, 6) is 1.89. The molecule has 0 aromatic carbocycles. The monoisotopic (exact) mass is 266 g/mol. The molecule has 0 spiro atoms. The van der Waals surface area contributed by atoms with E-state index in [1.807, 2.05) is 0 Å². The van der Waals surface area contributed by atoms with Gasteiger partial charge in [0.2, 0.25) is 5.91 Å². The van der Waals surface area contributed by atoms with Crippen molar-refractivity contribution in [3.05, 3.63) is 0 Å². The van der Waals surface area contributed by atoms with E-state index in [9.17, 15) is 4.79 Å². The molecular weight excluding hydrogens is 236 g/mol. The van der Waals surface area contributed by atoms with Gasteiger partial charge in [-0.25, -0.2) is 0 Å². The standard InChI is InChI=1S/C16H30N2O/c1-3-13-6-8-14(9-7-13)12-17-15(19)16(4-2)10-5-11-18-16/h13-14,18H,3-12H2,1-2H3,(H,17,19). The van der Waals surface area contributed by atoms with Gasteiger partial charge in [-0.05, 0) is 50.5 Å². The fraction of sp³-hybridized carbons (Fsp3) is 0.938. The van der Waals surface area contributed by atoms with Crippen molar-refractivity contribution in [1.82, 2.24) is 10.6 Å². The first-order valence-corrected chi connectivity index (χ1v) is 8.23. The van der Waals surface area contributed by atoms with Crippen molar-refractivity contribution in [2.45, 2.75) is 70.8 Å². The molecule has 1 aliphatic carbocycles. The second-order valence-electron chi connectivity index (χ2n) is 6.47. The summed E-state index contributed by atoms with van der Waals surface area (Å²) in [5.41, 5.74) is -0.263. The Bertz CT molecular complexity index is 289. The van der Waals surface area contributed by atoms with Gasteiger partial charge in [0, 0.05) is 6.54 Å². The van der Waals surface area contributed by atoms with E-state index in [-0.39, 0.29) is 11.4 Å². The maximum atomic E-state index is 12.4. The smallest absolute Gasteiger partial charge is 0.240 e. The zero-order valence-electron chi connectivity index (χ0n) is 12.6. The number of carbonyl (C=O) groups excluding carboxylic acids is 1. The third-order valence-electron chi connectivity index (χ3n) is 5.38. The Morgan fingerprint density at radius 2 is 1.89 bits per heavy atom. The first kappa shape index (κ1) is 14.8. The highest BCUT2D eigenvalue weighted by atomic mass is 16.2. The van der Waals surface area contributed by atoms with Crippen molar-refractivity contribution in [3.63, 3.8) is 0 Å². The minimum absolute atomic E-state index is 0.241. The lowest BCUT2D eigenvalue weighted by Crippen LogP contribution is -2.53. The van der Waals surface area contributed by atoms with Gasteiger partial charge in [0.1, 0.15) is 0 Å². The molecule has 1 saturated carbocycles. The third-order valence-corrected chi connectivity index (χ3v) is 5.38. The van der Waals surface area contributed by atoms with Gasteiger partial charge in [-0.2, -0.15) is 0 Å². The average molecular weight is 266 g/mol. The second kappa shape index (κ2) is 6.74. The predicted molar refractivity (Wildman–Crippen MR) is 79.0 cm³/mol.